The summed E-state index contributed by atoms with van der Waals surface area (Å²) in [4.78, 5) is 37.9. The molecule has 0 bridgehead atoms. The maximum Gasteiger partial charge on any atom is 0.306 e. The third-order valence-electron chi connectivity index (χ3n) is 12.1. The topological polar surface area (TPSA) is 78.9 Å². The van der Waals surface area contributed by atoms with E-state index in [1.807, 2.05) is 0 Å². The van der Waals surface area contributed by atoms with Gasteiger partial charge in [-0.15, -0.1) is 0 Å². The van der Waals surface area contributed by atoms with Crippen molar-refractivity contribution in [2.75, 3.05) is 13.2 Å². The molecule has 0 saturated heterocycles. The zero-order chi connectivity index (χ0) is 44.2. The first kappa shape index (κ1) is 58.4. The number of carbonyl (C=O) groups is 3. The zero-order valence-corrected chi connectivity index (χ0v) is 41.3. The third-order valence-corrected chi connectivity index (χ3v) is 12.1. The molecule has 0 N–H and O–H groups in total. The maximum absolute atomic E-state index is 12.7. The lowest BCUT2D eigenvalue weighted by Gasteiger charge is -2.18. The molecule has 0 fully saturated rings. The summed E-state index contributed by atoms with van der Waals surface area (Å²) < 4.78 is 16.8. The Morgan fingerprint density at radius 1 is 0.283 bits per heavy atom. The van der Waals surface area contributed by atoms with Gasteiger partial charge in [-0.3, -0.25) is 14.4 Å². The van der Waals surface area contributed by atoms with E-state index in [9.17, 15) is 14.4 Å². The average molecular weight is 849 g/mol. The molecule has 0 aliphatic carbocycles. The lowest BCUT2D eigenvalue weighted by molar-refractivity contribution is -0.167. The van der Waals surface area contributed by atoms with Crippen LogP contribution in [0.1, 0.15) is 292 Å². The van der Waals surface area contributed by atoms with Gasteiger partial charge in [0.1, 0.15) is 13.2 Å². The zero-order valence-electron chi connectivity index (χ0n) is 41.3. The van der Waals surface area contributed by atoms with E-state index in [0.29, 0.717) is 19.3 Å². The van der Waals surface area contributed by atoms with Crippen LogP contribution in [-0.2, 0) is 28.6 Å². The SMILES string of the molecule is CC(C)CCCCCCCCCCCCCCCCCCCCC(=O)OC[C@H](COC(=O)CCCCCCCCCCC(C)C)OC(=O)CCCCCCCCCC(C)C. The Balaban J connectivity index is 4.18. The molecule has 0 aliphatic rings. The van der Waals surface area contributed by atoms with E-state index < -0.39 is 6.10 Å². The van der Waals surface area contributed by atoms with Crippen LogP contribution < -0.4 is 0 Å². The molecule has 60 heavy (non-hydrogen) atoms. The molecule has 0 rings (SSSR count). The highest BCUT2D eigenvalue weighted by molar-refractivity contribution is 5.71. The first-order valence-corrected chi connectivity index (χ1v) is 26.6. The van der Waals surface area contributed by atoms with E-state index in [1.54, 1.807) is 0 Å². The molecule has 0 aromatic carbocycles. The van der Waals surface area contributed by atoms with Gasteiger partial charge in [-0.1, -0.05) is 253 Å². The van der Waals surface area contributed by atoms with Gasteiger partial charge in [-0.05, 0) is 37.0 Å². The number of rotatable bonds is 47. The van der Waals surface area contributed by atoms with Crippen LogP contribution in [0.3, 0.4) is 0 Å². The summed E-state index contributed by atoms with van der Waals surface area (Å²) in [6.45, 7) is 13.7. The van der Waals surface area contributed by atoms with Crippen molar-refractivity contribution >= 4 is 17.9 Å². The molecule has 356 valence electrons. The minimum absolute atomic E-state index is 0.0654. The lowest BCUT2D eigenvalue weighted by Crippen LogP contribution is -2.30. The molecule has 1 atom stereocenters. The minimum Gasteiger partial charge on any atom is -0.462 e. The molecule has 0 heterocycles. The van der Waals surface area contributed by atoms with Crippen molar-refractivity contribution in [1.82, 2.24) is 0 Å². The van der Waals surface area contributed by atoms with E-state index in [0.717, 1.165) is 75.5 Å². The smallest absolute Gasteiger partial charge is 0.306 e. The summed E-state index contributed by atoms with van der Waals surface area (Å²) in [5.41, 5.74) is 0. The van der Waals surface area contributed by atoms with Crippen molar-refractivity contribution in [1.29, 1.82) is 0 Å². The quantitative estimate of drug-likeness (QED) is 0.0345. The van der Waals surface area contributed by atoms with Gasteiger partial charge in [0, 0.05) is 19.3 Å². The van der Waals surface area contributed by atoms with Crippen LogP contribution in [0.2, 0.25) is 0 Å². The van der Waals surface area contributed by atoms with Crippen molar-refractivity contribution < 1.29 is 28.6 Å². The third kappa shape index (κ3) is 47.5. The Kier molecular flexibility index (Phi) is 44.2. The Morgan fingerprint density at radius 3 is 0.717 bits per heavy atom. The van der Waals surface area contributed by atoms with Crippen LogP contribution in [0.25, 0.3) is 0 Å². The molecule has 0 unspecified atom stereocenters. The first-order chi connectivity index (χ1) is 29.1. The monoisotopic (exact) mass is 849 g/mol. The van der Waals surface area contributed by atoms with Crippen LogP contribution in [0.15, 0.2) is 0 Å². The molecule has 6 heteroatoms. The lowest BCUT2D eigenvalue weighted by atomic mass is 10.0. The Bertz CT molecular complexity index is 929. The van der Waals surface area contributed by atoms with E-state index >= 15 is 0 Å². The van der Waals surface area contributed by atoms with Crippen molar-refractivity contribution in [2.24, 2.45) is 17.8 Å². The number of ether oxygens (including phenoxy) is 3. The highest BCUT2D eigenvalue weighted by atomic mass is 16.6. The van der Waals surface area contributed by atoms with Gasteiger partial charge in [0.15, 0.2) is 6.10 Å². The normalized spacial score (nSPS) is 12.2. The first-order valence-electron chi connectivity index (χ1n) is 26.6. The molecule has 0 aromatic heterocycles. The van der Waals surface area contributed by atoms with Gasteiger partial charge in [-0.25, -0.2) is 0 Å². The number of esters is 3. The van der Waals surface area contributed by atoms with Crippen molar-refractivity contribution in [3.63, 3.8) is 0 Å². The summed E-state index contributed by atoms with van der Waals surface area (Å²) in [5.74, 6) is 1.58. The van der Waals surface area contributed by atoms with Gasteiger partial charge in [0.2, 0.25) is 0 Å². The van der Waals surface area contributed by atoms with Gasteiger partial charge in [0.05, 0.1) is 0 Å². The summed E-state index contributed by atoms with van der Waals surface area (Å²) in [5, 5.41) is 0. The van der Waals surface area contributed by atoms with E-state index in [4.69, 9.17) is 14.2 Å². The summed E-state index contributed by atoms with van der Waals surface area (Å²) in [6, 6.07) is 0. The van der Waals surface area contributed by atoms with Crippen LogP contribution >= 0.6 is 0 Å². The standard InChI is InChI=1S/C54H104O6/c1-48(2)40-34-28-22-17-15-13-11-9-7-8-10-12-14-16-18-25-31-37-43-52(55)58-46-51(60-54(57)45-39-33-27-21-24-30-36-42-50(5)6)47-59-53(56)44-38-32-26-20-19-23-29-35-41-49(3)4/h48-51H,7-47H2,1-6H3/t51-/m1/s1. The van der Waals surface area contributed by atoms with Crippen molar-refractivity contribution in [2.45, 2.75) is 298 Å². The second kappa shape index (κ2) is 45.4. The number of hydrogen-bond donors (Lipinski definition) is 0. The Morgan fingerprint density at radius 2 is 0.483 bits per heavy atom. The highest BCUT2D eigenvalue weighted by Gasteiger charge is 2.19. The maximum atomic E-state index is 12.7. The molecule has 0 radical (unpaired) electrons. The van der Waals surface area contributed by atoms with E-state index in [1.165, 1.54) is 173 Å². The summed E-state index contributed by atoms with van der Waals surface area (Å²) >= 11 is 0. The highest BCUT2D eigenvalue weighted by Crippen LogP contribution is 2.18. The number of carbonyl (C=O) groups excluding carboxylic acids is 3. The molecular formula is C54H104O6. The largest absolute Gasteiger partial charge is 0.462 e. The second-order valence-electron chi connectivity index (χ2n) is 19.9. The minimum atomic E-state index is -0.763. The fraction of sp³-hybridized carbons (Fsp3) is 0.944. The molecule has 0 saturated carbocycles. The van der Waals surface area contributed by atoms with Gasteiger partial charge in [0.25, 0.3) is 0 Å². The van der Waals surface area contributed by atoms with Crippen LogP contribution in [-0.4, -0.2) is 37.2 Å². The Hall–Kier alpha value is -1.59. The number of hydrogen-bond acceptors (Lipinski definition) is 6. The summed E-state index contributed by atoms with van der Waals surface area (Å²) in [6.07, 6.45) is 45.4. The number of unbranched alkanes of at least 4 members (excludes halogenated alkanes) is 30. The summed E-state index contributed by atoms with van der Waals surface area (Å²) in [7, 11) is 0. The molecule has 6 nitrogen and oxygen atoms in total. The van der Waals surface area contributed by atoms with E-state index in [2.05, 4.69) is 41.5 Å². The predicted molar refractivity (Wildman–Crippen MR) is 256 cm³/mol. The fourth-order valence-electron chi connectivity index (χ4n) is 8.12. The van der Waals surface area contributed by atoms with E-state index in [-0.39, 0.29) is 31.1 Å². The molecular weight excluding hydrogens is 745 g/mol. The second-order valence-corrected chi connectivity index (χ2v) is 19.9. The molecule has 0 amide bonds. The molecule has 0 aliphatic heterocycles. The Labute approximate surface area is 374 Å². The molecule has 0 spiro atoms. The van der Waals surface area contributed by atoms with Crippen LogP contribution in [0.4, 0.5) is 0 Å². The van der Waals surface area contributed by atoms with Crippen LogP contribution in [0, 0.1) is 17.8 Å². The van der Waals surface area contributed by atoms with Gasteiger partial charge < -0.3 is 14.2 Å². The van der Waals surface area contributed by atoms with Gasteiger partial charge in [-0.2, -0.15) is 0 Å². The van der Waals surface area contributed by atoms with Crippen molar-refractivity contribution in [3.05, 3.63) is 0 Å². The van der Waals surface area contributed by atoms with Crippen molar-refractivity contribution in [3.8, 4) is 0 Å². The molecule has 0 aromatic rings. The van der Waals surface area contributed by atoms with Gasteiger partial charge >= 0.3 is 17.9 Å². The average Bonchev–Trinajstić information content (AvgIpc) is 3.20. The fourth-order valence-corrected chi connectivity index (χ4v) is 8.12. The predicted octanol–water partition coefficient (Wildman–Crippen LogP) is 17.2. The van der Waals surface area contributed by atoms with Crippen LogP contribution in [0.5, 0.6) is 0 Å².